The third-order valence-corrected chi connectivity index (χ3v) is 4.05. The molecule has 0 radical (unpaired) electrons. The van der Waals surface area contributed by atoms with E-state index in [9.17, 15) is 9.59 Å². The minimum Gasteiger partial charge on any atom is -0.326 e. The molecule has 3 rings (SSSR count). The maximum atomic E-state index is 12.2. The van der Waals surface area contributed by atoms with Gasteiger partial charge in [0.05, 0.1) is 11.8 Å². The molecule has 2 N–H and O–H groups in total. The van der Waals surface area contributed by atoms with Gasteiger partial charge in [-0.15, -0.1) is 0 Å². The van der Waals surface area contributed by atoms with Gasteiger partial charge in [0.15, 0.2) is 0 Å². The number of carbonyl (C=O) groups is 2. The first-order valence-electron chi connectivity index (χ1n) is 8.11. The Kier molecular flexibility index (Phi) is 5.06. The monoisotopic (exact) mass is 320 g/mol. The van der Waals surface area contributed by atoms with Gasteiger partial charge in [0.1, 0.15) is 0 Å². The molecule has 0 aromatic heterocycles. The summed E-state index contributed by atoms with van der Waals surface area (Å²) in [6.07, 6.45) is 16.9. The molecule has 0 spiro atoms. The van der Waals surface area contributed by atoms with E-state index in [2.05, 4.69) is 10.6 Å². The van der Waals surface area contributed by atoms with Crippen LogP contribution in [-0.2, 0) is 9.59 Å². The van der Waals surface area contributed by atoms with E-state index in [0.717, 1.165) is 24.2 Å². The zero-order valence-corrected chi connectivity index (χ0v) is 13.3. The second kappa shape index (κ2) is 7.59. The highest BCUT2D eigenvalue weighted by Gasteiger charge is 2.16. The van der Waals surface area contributed by atoms with Gasteiger partial charge in [0, 0.05) is 11.4 Å². The van der Waals surface area contributed by atoms with Gasteiger partial charge in [-0.05, 0) is 37.1 Å². The summed E-state index contributed by atoms with van der Waals surface area (Å²) in [7, 11) is 0. The van der Waals surface area contributed by atoms with Crippen molar-refractivity contribution in [2.45, 2.75) is 12.8 Å². The van der Waals surface area contributed by atoms with Crippen LogP contribution in [0.3, 0.4) is 0 Å². The molecule has 2 atom stereocenters. The van der Waals surface area contributed by atoms with Crippen LogP contribution < -0.4 is 10.6 Å². The molecule has 4 nitrogen and oxygen atoms in total. The topological polar surface area (TPSA) is 58.2 Å². The molecule has 4 heteroatoms. The second-order valence-corrected chi connectivity index (χ2v) is 5.87. The Morgan fingerprint density at radius 2 is 1.12 bits per heavy atom. The van der Waals surface area contributed by atoms with Crippen molar-refractivity contribution in [2.75, 3.05) is 10.6 Å². The van der Waals surface area contributed by atoms with Crippen molar-refractivity contribution in [3.63, 3.8) is 0 Å². The number of rotatable bonds is 4. The average molecular weight is 320 g/mol. The molecule has 0 saturated heterocycles. The molecule has 0 aliphatic heterocycles. The van der Waals surface area contributed by atoms with Crippen molar-refractivity contribution in [3.8, 4) is 0 Å². The van der Waals surface area contributed by atoms with E-state index in [0.29, 0.717) is 0 Å². The Labute approximate surface area is 141 Å². The zero-order chi connectivity index (χ0) is 16.8. The van der Waals surface area contributed by atoms with Gasteiger partial charge in [-0.1, -0.05) is 48.6 Å². The Bertz CT molecular complexity index is 664. The lowest BCUT2D eigenvalue weighted by atomic mass is 10.00. The van der Waals surface area contributed by atoms with Gasteiger partial charge < -0.3 is 10.6 Å². The quantitative estimate of drug-likeness (QED) is 0.886. The van der Waals surface area contributed by atoms with Crippen molar-refractivity contribution in [1.29, 1.82) is 0 Å². The van der Waals surface area contributed by atoms with Crippen molar-refractivity contribution >= 4 is 23.2 Å². The number of benzene rings is 1. The van der Waals surface area contributed by atoms with Crippen LogP contribution in [0, 0.1) is 11.8 Å². The Balaban J connectivity index is 1.55. The van der Waals surface area contributed by atoms with Crippen LogP contribution in [0.4, 0.5) is 11.4 Å². The third kappa shape index (κ3) is 4.10. The number of hydrogen-bond donors (Lipinski definition) is 2. The van der Waals surface area contributed by atoms with Crippen LogP contribution in [0.1, 0.15) is 12.8 Å². The number of carbonyl (C=O) groups excluding carboxylic acids is 2. The number of nitrogens with one attached hydrogen (secondary N) is 2. The Morgan fingerprint density at radius 1 is 0.708 bits per heavy atom. The minimum absolute atomic E-state index is 0.0217. The highest BCUT2D eigenvalue weighted by Crippen LogP contribution is 2.19. The van der Waals surface area contributed by atoms with Gasteiger partial charge in [0.2, 0.25) is 11.8 Å². The fourth-order valence-corrected chi connectivity index (χ4v) is 2.66. The lowest BCUT2D eigenvalue weighted by Crippen LogP contribution is -2.22. The molecule has 1 aromatic rings. The van der Waals surface area contributed by atoms with E-state index in [1.54, 1.807) is 24.3 Å². The van der Waals surface area contributed by atoms with Crippen LogP contribution >= 0.6 is 0 Å². The molecule has 2 aliphatic carbocycles. The zero-order valence-electron chi connectivity index (χ0n) is 13.3. The molecule has 2 aliphatic rings. The summed E-state index contributed by atoms with van der Waals surface area (Å²) in [5.74, 6) is -0.293. The molecule has 24 heavy (non-hydrogen) atoms. The number of anilines is 2. The summed E-state index contributed by atoms with van der Waals surface area (Å²) in [6, 6.07) is 7.19. The summed E-state index contributed by atoms with van der Waals surface area (Å²) in [4.78, 5) is 24.3. The Hall–Kier alpha value is -2.88. The van der Waals surface area contributed by atoms with Crippen molar-refractivity contribution in [3.05, 3.63) is 72.9 Å². The summed E-state index contributed by atoms with van der Waals surface area (Å²) in [6.45, 7) is 0. The first-order valence-corrected chi connectivity index (χ1v) is 8.11. The first kappa shape index (κ1) is 16.0. The van der Waals surface area contributed by atoms with Gasteiger partial charge >= 0.3 is 0 Å². The number of allylic oxidation sites excluding steroid dienone is 6. The fraction of sp³-hybridized carbons (Fsp3) is 0.200. The molecule has 0 saturated carbocycles. The number of amides is 2. The molecule has 2 unspecified atom stereocenters. The predicted molar refractivity (Wildman–Crippen MR) is 96.5 cm³/mol. The smallest absolute Gasteiger partial charge is 0.231 e. The molecular weight excluding hydrogens is 300 g/mol. The molecule has 1 aromatic carbocycles. The SMILES string of the molecule is O=C(Nc1ccc(NC(=O)C2C=CC=CC2)cc1)C1C=CC=CC1. The molecule has 0 heterocycles. The van der Waals surface area contributed by atoms with Crippen molar-refractivity contribution in [2.24, 2.45) is 11.8 Å². The number of hydrogen-bond acceptors (Lipinski definition) is 2. The maximum absolute atomic E-state index is 12.2. The van der Waals surface area contributed by atoms with E-state index in [1.807, 2.05) is 48.6 Å². The van der Waals surface area contributed by atoms with Crippen LogP contribution in [0.25, 0.3) is 0 Å². The summed E-state index contributed by atoms with van der Waals surface area (Å²) < 4.78 is 0. The van der Waals surface area contributed by atoms with Crippen molar-refractivity contribution in [1.82, 2.24) is 0 Å². The van der Waals surface area contributed by atoms with Crippen LogP contribution in [0.15, 0.2) is 72.9 Å². The van der Waals surface area contributed by atoms with Crippen LogP contribution in [0.5, 0.6) is 0 Å². The summed E-state index contributed by atoms with van der Waals surface area (Å²) in [5.41, 5.74) is 1.45. The van der Waals surface area contributed by atoms with Crippen molar-refractivity contribution < 1.29 is 9.59 Å². The minimum atomic E-state index is -0.125. The standard InChI is InChI=1S/C20H20N2O2/c23-19(15-7-3-1-4-8-15)21-17-11-13-18(14-12-17)22-20(24)16-9-5-2-6-10-16/h1-7,9,11-16H,8,10H2,(H,21,23)(H,22,24). The van der Waals surface area contributed by atoms with E-state index in [4.69, 9.17) is 0 Å². The van der Waals surface area contributed by atoms with Gasteiger partial charge in [0.25, 0.3) is 0 Å². The third-order valence-electron chi connectivity index (χ3n) is 4.05. The highest BCUT2D eigenvalue weighted by molar-refractivity contribution is 5.96. The lowest BCUT2D eigenvalue weighted by Gasteiger charge is -2.15. The average Bonchev–Trinajstić information content (AvgIpc) is 2.65. The van der Waals surface area contributed by atoms with Gasteiger partial charge in [-0.3, -0.25) is 9.59 Å². The Morgan fingerprint density at radius 3 is 1.46 bits per heavy atom. The highest BCUT2D eigenvalue weighted by atomic mass is 16.2. The van der Waals surface area contributed by atoms with E-state index >= 15 is 0 Å². The van der Waals surface area contributed by atoms with E-state index < -0.39 is 0 Å². The van der Waals surface area contributed by atoms with Crippen LogP contribution in [0.2, 0.25) is 0 Å². The van der Waals surface area contributed by atoms with Crippen LogP contribution in [-0.4, -0.2) is 11.8 Å². The molecule has 0 bridgehead atoms. The van der Waals surface area contributed by atoms with E-state index in [1.165, 1.54) is 0 Å². The van der Waals surface area contributed by atoms with Gasteiger partial charge in [-0.2, -0.15) is 0 Å². The van der Waals surface area contributed by atoms with Gasteiger partial charge in [-0.25, -0.2) is 0 Å². The summed E-state index contributed by atoms with van der Waals surface area (Å²) in [5, 5.41) is 5.80. The molecule has 0 fully saturated rings. The first-order chi connectivity index (χ1) is 11.7. The maximum Gasteiger partial charge on any atom is 0.231 e. The molecule has 122 valence electrons. The lowest BCUT2D eigenvalue weighted by molar-refractivity contribution is -0.119. The second-order valence-electron chi connectivity index (χ2n) is 5.87. The fourth-order valence-electron chi connectivity index (χ4n) is 2.66. The largest absolute Gasteiger partial charge is 0.326 e. The normalized spacial score (nSPS) is 21.5. The summed E-state index contributed by atoms with van der Waals surface area (Å²) >= 11 is 0. The van der Waals surface area contributed by atoms with E-state index in [-0.39, 0.29) is 23.7 Å². The predicted octanol–water partition coefficient (Wildman–Crippen LogP) is 3.83. The molecular formula is C20H20N2O2. The molecule has 2 amide bonds.